The molecule has 0 bridgehead atoms. The lowest BCUT2D eigenvalue weighted by atomic mass is 10.0. The van der Waals surface area contributed by atoms with Gasteiger partial charge >= 0.3 is 12.1 Å². The van der Waals surface area contributed by atoms with E-state index in [0.29, 0.717) is 16.5 Å². The summed E-state index contributed by atoms with van der Waals surface area (Å²) < 4.78 is 13.0. The topological polar surface area (TPSA) is 129 Å². The highest BCUT2D eigenvalue weighted by Crippen LogP contribution is 2.42. The van der Waals surface area contributed by atoms with Gasteiger partial charge in [0.25, 0.3) is 5.91 Å². The number of β-lactam (4-membered cyclic amide) rings is 1. The number of tetrazole rings is 1. The Morgan fingerprint density at radius 3 is 2.31 bits per heavy atom. The maximum absolute atomic E-state index is 14.0. The standard InChI is InChI=1S/C29H30N6O5S2/c1-29(2,3)40-28(38)30-21-24(36)35-22(20(17-42-25(21)35)15-16-41-27-31-32-33-34(27)4)26(37)39-23(18-11-7-5-8-12-18)19-13-9-6-10-14-19/h5-16,21,23,25H,17H2,1-4H3,(H,30,38). The highest BCUT2D eigenvalue weighted by molar-refractivity contribution is 8.02. The molecular weight excluding hydrogens is 576 g/mol. The quantitative estimate of drug-likeness (QED) is 0.226. The molecule has 0 aliphatic carbocycles. The van der Waals surface area contributed by atoms with Gasteiger partial charge < -0.3 is 14.8 Å². The summed E-state index contributed by atoms with van der Waals surface area (Å²) in [5.74, 6) is -0.662. The van der Waals surface area contributed by atoms with Gasteiger partial charge in [-0.15, -0.1) is 16.9 Å². The molecule has 11 nitrogen and oxygen atoms in total. The van der Waals surface area contributed by atoms with E-state index in [2.05, 4.69) is 20.8 Å². The number of alkyl carbamates (subject to hydrolysis) is 1. The molecule has 2 aliphatic rings. The second-order valence-electron chi connectivity index (χ2n) is 10.5. The zero-order valence-corrected chi connectivity index (χ0v) is 25.1. The smallest absolute Gasteiger partial charge is 0.408 e. The number of carbonyl (C=O) groups excluding carboxylic acids is 3. The summed E-state index contributed by atoms with van der Waals surface area (Å²) in [5, 5.41) is 15.9. The maximum atomic E-state index is 14.0. The molecule has 1 N–H and O–H groups in total. The number of hydrogen-bond acceptors (Lipinski definition) is 10. The van der Waals surface area contributed by atoms with Gasteiger partial charge in [0.05, 0.1) is 0 Å². The van der Waals surface area contributed by atoms with Gasteiger partial charge in [-0.3, -0.25) is 9.69 Å². The first-order chi connectivity index (χ1) is 20.1. The third-order valence-corrected chi connectivity index (χ3v) is 8.45. The van der Waals surface area contributed by atoms with E-state index >= 15 is 0 Å². The van der Waals surface area contributed by atoms with Gasteiger partial charge in [-0.05, 0) is 59.4 Å². The van der Waals surface area contributed by atoms with E-state index in [1.807, 2.05) is 60.7 Å². The van der Waals surface area contributed by atoms with Crippen LogP contribution in [0.4, 0.5) is 4.79 Å². The van der Waals surface area contributed by atoms with Crippen molar-refractivity contribution in [1.82, 2.24) is 30.4 Å². The van der Waals surface area contributed by atoms with Gasteiger partial charge in [-0.1, -0.05) is 72.4 Å². The predicted molar refractivity (Wildman–Crippen MR) is 158 cm³/mol. The van der Waals surface area contributed by atoms with E-state index < -0.39 is 41.1 Å². The molecule has 2 aliphatic heterocycles. The summed E-state index contributed by atoms with van der Waals surface area (Å²) in [4.78, 5) is 41.3. The normalized spacial score (nSPS) is 18.6. The Kier molecular flexibility index (Phi) is 8.69. The number of rotatable bonds is 8. The van der Waals surface area contributed by atoms with Gasteiger partial charge in [0, 0.05) is 12.8 Å². The summed E-state index contributed by atoms with van der Waals surface area (Å²) in [7, 11) is 1.73. The van der Waals surface area contributed by atoms with E-state index in [9.17, 15) is 14.4 Å². The SMILES string of the molecule is Cn1nnnc1SC=CC1=C(C(=O)OC(c2ccccc2)c2ccccc2)N2C(=O)C(NC(=O)OC(C)(C)C)C2SC1. The molecule has 2 amide bonds. The molecule has 5 rings (SSSR count). The molecule has 3 aromatic rings. The molecular formula is C29H30N6O5S2. The maximum Gasteiger partial charge on any atom is 0.408 e. The molecule has 1 aromatic heterocycles. The number of ether oxygens (including phenoxy) is 2. The molecule has 218 valence electrons. The van der Waals surface area contributed by atoms with Crippen molar-refractivity contribution in [2.24, 2.45) is 7.05 Å². The number of amides is 2. The predicted octanol–water partition coefficient (Wildman–Crippen LogP) is 4.21. The molecule has 3 heterocycles. The average Bonchev–Trinajstić information content (AvgIpc) is 3.38. The number of esters is 1. The fraction of sp³-hybridized carbons (Fsp3) is 0.310. The number of carbonyl (C=O) groups is 3. The van der Waals surface area contributed by atoms with Crippen molar-refractivity contribution in [3.8, 4) is 0 Å². The Labute approximate surface area is 251 Å². The Balaban J connectivity index is 1.45. The molecule has 0 radical (unpaired) electrons. The summed E-state index contributed by atoms with van der Waals surface area (Å²) in [6, 6.07) is 18.0. The third-order valence-electron chi connectivity index (χ3n) is 6.32. The van der Waals surface area contributed by atoms with Crippen LogP contribution < -0.4 is 5.32 Å². The van der Waals surface area contributed by atoms with E-state index in [0.717, 1.165) is 11.1 Å². The monoisotopic (exact) mass is 606 g/mol. The van der Waals surface area contributed by atoms with Crippen molar-refractivity contribution in [2.75, 3.05) is 5.75 Å². The summed E-state index contributed by atoms with van der Waals surface area (Å²) in [5.41, 5.74) is 1.61. The first-order valence-electron chi connectivity index (χ1n) is 13.2. The van der Waals surface area contributed by atoms with Crippen LogP contribution in [-0.2, 0) is 26.1 Å². The number of benzene rings is 2. The Bertz CT molecular complexity index is 1480. The lowest BCUT2D eigenvalue weighted by Crippen LogP contribution is -2.70. The largest absolute Gasteiger partial charge is 0.448 e. The van der Waals surface area contributed by atoms with Crippen molar-refractivity contribution in [3.63, 3.8) is 0 Å². The molecule has 2 aromatic carbocycles. The Hall–Kier alpha value is -4.10. The van der Waals surface area contributed by atoms with Gasteiger partial charge in [0.15, 0.2) is 6.10 Å². The highest BCUT2D eigenvalue weighted by atomic mass is 32.2. The number of nitrogens with one attached hydrogen (secondary N) is 1. The first kappa shape index (κ1) is 29.4. The van der Waals surface area contributed by atoms with Crippen LogP contribution in [0.2, 0.25) is 0 Å². The van der Waals surface area contributed by atoms with Gasteiger partial charge in [-0.25, -0.2) is 14.3 Å². The van der Waals surface area contributed by atoms with E-state index in [1.54, 1.807) is 39.3 Å². The van der Waals surface area contributed by atoms with E-state index in [4.69, 9.17) is 9.47 Å². The number of thioether (sulfide) groups is 2. The number of nitrogens with zero attached hydrogens (tertiary/aromatic N) is 5. The molecule has 0 saturated carbocycles. The number of aryl methyl sites for hydroxylation is 1. The van der Waals surface area contributed by atoms with E-state index in [-0.39, 0.29) is 5.70 Å². The van der Waals surface area contributed by atoms with Crippen LogP contribution in [-0.4, -0.2) is 65.8 Å². The molecule has 1 saturated heterocycles. The summed E-state index contributed by atoms with van der Waals surface area (Å²) in [6.45, 7) is 5.24. The van der Waals surface area contributed by atoms with Crippen LogP contribution in [0, 0.1) is 0 Å². The Morgan fingerprint density at radius 1 is 1.10 bits per heavy atom. The highest BCUT2D eigenvalue weighted by Gasteiger charge is 2.54. The molecule has 1 fully saturated rings. The van der Waals surface area contributed by atoms with Gasteiger partial charge in [0.2, 0.25) is 5.16 Å². The number of fused-ring (bicyclic) bond motifs is 1. The number of aromatic nitrogens is 4. The van der Waals surface area contributed by atoms with E-state index in [1.165, 1.54) is 33.1 Å². The van der Waals surface area contributed by atoms with Crippen LogP contribution in [0.15, 0.2) is 88.6 Å². The molecule has 0 spiro atoms. The minimum atomic E-state index is -0.837. The molecule has 13 heteroatoms. The average molecular weight is 607 g/mol. The van der Waals surface area contributed by atoms with Crippen molar-refractivity contribution in [1.29, 1.82) is 0 Å². The lowest BCUT2D eigenvalue weighted by molar-refractivity contribution is -0.153. The minimum Gasteiger partial charge on any atom is -0.448 e. The molecule has 2 atom stereocenters. The molecule has 2 unspecified atom stereocenters. The van der Waals surface area contributed by atoms with Crippen LogP contribution in [0.25, 0.3) is 0 Å². The zero-order chi connectivity index (χ0) is 29.9. The zero-order valence-electron chi connectivity index (χ0n) is 23.5. The van der Waals surface area contributed by atoms with Crippen LogP contribution in [0.3, 0.4) is 0 Å². The van der Waals surface area contributed by atoms with Crippen molar-refractivity contribution >= 4 is 41.5 Å². The third kappa shape index (κ3) is 6.52. The Morgan fingerprint density at radius 2 is 1.74 bits per heavy atom. The van der Waals surface area contributed by atoms with Crippen molar-refractivity contribution in [2.45, 2.75) is 49.0 Å². The second-order valence-corrected chi connectivity index (χ2v) is 12.5. The van der Waals surface area contributed by atoms with Crippen LogP contribution in [0.1, 0.15) is 38.0 Å². The fourth-order valence-corrected chi connectivity index (χ4v) is 6.39. The van der Waals surface area contributed by atoms with Gasteiger partial charge in [0.1, 0.15) is 22.7 Å². The number of allylic oxidation sites excluding steroid dienone is 1. The minimum absolute atomic E-state index is 0.135. The van der Waals surface area contributed by atoms with Crippen molar-refractivity contribution in [3.05, 3.63) is 94.5 Å². The second kappa shape index (κ2) is 12.4. The lowest BCUT2D eigenvalue weighted by Gasteiger charge is -2.49. The van der Waals surface area contributed by atoms with Gasteiger partial charge in [-0.2, -0.15) is 0 Å². The first-order valence-corrected chi connectivity index (χ1v) is 15.1. The van der Waals surface area contributed by atoms with Crippen molar-refractivity contribution < 1.29 is 23.9 Å². The van der Waals surface area contributed by atoms with Crippen LogP contribution in [0.5, 0.6) is 0 Å². The summed E-state index contributed by atoms with van der Waals surface area (Å²) >= 11 is 2.72. The number of hydrogen-bond donors (Lipinski definition) is 1. The van der Waals surface area contributed by atoms with Crippen LogP contribution >= 0.6 is 23.5 Å². The summed E-state index contributed by atoms with van der Waals surface area (Å²) in [6.07, 6.45) is 0.375. The fourth-order valence-electron chi connectivity index (χ4n) is 4.44. The molecule has 42 heavy (non-hydrogen) atoms.